The van der Waals surface area contributed by atoms with Crippen LogP contribution >= 0.6 is 0 Å². The van der Waals surface area contributed by atoms with Gasteiger partial charge in [0.15, 0.2) is 5.89 Å². The van der Waals surface area contributed by atoms with Gasteiger partial charge in [-0.3, -0.25) is 0 Å². The summed E-state index contributed by atoms with van der Waals surface area (Å²) in [4.78, 5) is 4.23. The van der Waals surface area contributed by atoms with Crippen molar-refractivity contribution in [2.45, 2.75) is 39.5 Å². The highest BCUT2D eigenvalue weighted by atomic mass is 16.4. The van der Waals surface area contributed by atoms with E-state index >= 15 is 0 Å². The molecule has 1 aromatic rings. The lowest BCUT2D eigenvalue weighted by Crippen LogP contribution is -2.17. The second-order valence-electron chi connectivity index (χ2n) is 3.47. The van der Waals surface area contributed by atoms with E-state index in [4.69, 9.17) is 4.42 Å². The molecule has 0 saturated heterocycles. The van der Waals surface area contributed by atoms with Crippen molar-refractivity contribution in [1.82, 2.24) is 10.3 Å². The first kappa shape index (κ1) is 11.2. The van der Waals surface area contributed by atoms with Crippen molar-refractivity contribution in [3.05, 3.63) is 17.8 Å². The summed E-state index contributed by atoms with van der Waals surface area (Å²) in [5.74, 6) is 1.87. The number of nitrogens with zero attached hydrogens (tertiary/aromatic N) is 1. The monoisotopic (exact) mass is 196 g/mol. The second kappa shape index (κ2) is 6.60. The van der Waals surface area contributed by atoms with Crippen LogP contribution in [-0.2, 0) is 12.8 Å². The number of oxazole rings is 1. The number of hydrogen-bond acceptors (Lipinski definition) is 3. The van der Waals surface area contributed by atoms with Crippen molar-refractivity contribution in [3.63, 3.8) is 0 Å². The predicted octanol–water partition coefficient (Wildman–Crippen LogP) is 2.17. The Labute approximate surface area is 85.9 Å². The summed E-state index contributed by atoms with van der Waals surface area (Å²) in [6.45, 7) is 6.34. The largest absolute Gasteiger partial charge is 0.446 e. The molecule has 0 aliphatic heterocycles. The topological polar surface area (TPSA) is 38.1 Å². The fourth-order valence-corrected chi connectivity index (χ4v) is 1.32. The first-order chi connectivity index (χ1) is 6.86. The molecular weight excluding hydrogens is 176 g/mol. The molecule has 0 bridgehead atoms. The summed E-state index contributed by atoms with van der Waals surface area (Å²) in [6.07, 6.45) is 6.02. The highest BCUT2D eigenvalue weighted by molar-refractivity contribution is 4.94. The van der Waals surface area contributed by atoms with E-state index in [1.165, 1.54) is 6.42 Å². The van der Waals surface area contributed by atoms with Gasteiger partial charge in [0.1, 0.15) is 5.76 Å². The number of aromatic nitrogens is 1. The highest BCUT2D eigenvalue weighted by Gasteiger charge is 2.01. The summed E-state index contributed by atoms with van der Waals surface area (Å²) in [5, 5.41) is 3.32. The van der Waals surface area contributed by atoms with Gasteiger partial charge in [-0.2, -0.15) is 0 Å². The zero-order valence-corrected chi connectivity index (χ0v) is 9.18. The third kappa shape index (κ3) is 3.92. The Morgan fingerprint density at radius 2 is 2.07 bits per heavy atom. The molecule has 1 aromatic heterocycles. The lowest BCUT2D eigenvalue weighted by molar-refractivity contribution is 0.446. The first-order valence-electron chi connectivity index (χ1n) is 5.51. The van der Waals surface area contributed by atoms with Gasteiger partial charge in [0.2, 0.25) is 0 Å². The Morgan fingerprint density at radius 1 is 1.21 bits per heavy atom. The number of rotatable bonds is 7. The molecule has 0 aliphatic carbocycles. The van der Waals surface area contributed by atoms with Gasteiger partial charge in [-0.05, 0) is 19.4 Å². The molecule has 0 aromatic carbocycles. The Hall–Kier alpha value is -0.830. The minimum atomic E-state index is 0.858. The van der Waals surface area contributed by atoms with Crippen LogP contribution in [0.5, 0.6) is 0 Å². The van der Waals surface area contributed by atoms with Gasteiger partial charge in [0, 0.05) is 19.4 Å². The molecule has 0 atom stereocenters. The van der Waals surface area contributed by atoms with Crippen LogP contribution in [0.2, 0.25) is 0 Å². The predicted molar refractivity (Wildman–Crippen MR) is 57.4 cm³/mol. The summed E-state index contributed by atoms with van der Waals surface area (Å²) >= 11 is 0. The molecule has 1 N–H and O–H groups in total. The maximum absolute atomic E-state index is 5.55. The van der Waals surface area contributed by atoms with Crippen LogP contribution in [0, 0.1) is 0 Å². The van der Waals surface area contributed by atoms with E-state index in [0.29, 0.717) is 0 Å². The minimum Gasteiger partial charge on any atom is -0.446 e. The third-order valence-corrected chi connectivity index (χ3v) is 2.04. The van der Waals surface area contributed by atoms with Crippen LogP contribution in [0.3, 0.4) is 0 Å². The van der Waals surface area contributed by atoms with Crippen molar-refractivity contribution in [1.29, 1.82) is 0 Å². The van der Waals surface area contributed by atoms with Crippen LogP contribution in [0.4, 0.5) is 0 Å². The van der Waals surface area contributed by atoms with E-state index in [0.717, 1.165) is 44.0 Å². The van der Waals surface area contributed by atoms with Gasteiger partial charge in [-0.15, -0.1) is 0 Å². The Morgan fingerprint density at radius 3 is 2.79 bits per heavy atom. The molecule has 1 heterocycles. The lowest BCUT2D eigenvalue weighted by Gasteiger charge is -1.98. The van der Waals surface area contributed by atoms with Crippen LogP contribution in [0.1, 0.15) is 38.3 Å². The molecule has 0 aliphatic rings. The van der Waals surface area contributed by atoms with Gasteiger partial charge in [-0.25, -0.2) is 4.98 Å². The Balaban J connectivity index is 2.22. The molecule has 3 nitrogen and oxygen atoms in total. The van der Waals surface area contributed by atoms with E-state index in [9.17, 15) is 0 Å². The zero-order chi connectivity index (χ0) is 10.2. The first-order valence-corrected chi connectivity index (χ1v) is 5.51. The fourth-order valence-electron chi connectivity index (χ4n) is 1.32. The standard InChI is InChI=1S/C11H20N2O/c1-3-5-10-9-13-11(14-10)6-8-12-7-4-2/h9,12H,3-8H2,1-2H3. The summed E-state index contributed by atoms with van der Waals surface area (Å²) < 4.78 is 5.55. The number of hydrogen-bond donors (Lipinski definition) is 1. The Bertz CT molecular complexity index is 245. The van der Waals surface area contributed by atoms with E-state index in [1.807, 2.05) is 6.20 Å². The van der Waals surface area contributed by atoms with Gasteiger partial charge >= 0.3 is 0 Å². The quantitative estimate of drug-likeness (QED) is 0.679. The van der Waals surface area contributed by atoms with Crippen molar-refractivity contribution in [2.75, 3.05) is 13.1 Å². The van der Waals surface area contributed by atoms with Gasteiger partial charge in [0.25, 0.3) is 0 Å². The molecular formula is C11H20N2O. The van der Waals surface area contributed by atoms with E-state index in [1.54, 1.807) is 0 Å². The highest BCUT2D eigenvalue weighted by Crippen LogP contribution is 2.06. The van der Waals surface area contributed by atoms with Crippen LogP contribution in [-0.4, -0.2) is 18.1 Å². The van der Waals surface area contributed by atoms with Crippen LogP contribution in [0.15, 0.2) is 10.6 Å². The van der Waals surface area contributed by atoms with Crippen LogP contribution in [0.25, 0.3) is 0 Å². The van der Waals surface area contributed by atoms with Gasteiger partial charge < -0.3 is 9.73 Å². The third-order valence-electron chi connectivity index (χ3n) is 2.04. The normalized spacial score (nSPS) is 10.7. The van der Waals surface area contributed by atoms with E-state index < -0.39 is 0 Å². The average molecular weight is 196 g/mol. The summed E-state index contributed by atoms with van der Waals surface area (Å²) in [7, 11) is 0. The molecule has 0 radical (unpaired) electrons. The summed E-state index contributed by atoms with van der Waals surface area (Å²) in [6, 6.07) is 0. The lowest BCUT2D eigenvalue weighted by atomic mass is 10.3. The number of aryl methyl sites for hydroxylation is 1. The Kier molecular flexibility index (Phi) is 5.30. The molecule has 0 spiro atoms. The van der Waals surface area contributed by atoms with Crippen molar-refractivity contribution < 1.29 is 4.42 Å². The van der Waals surface area contributed by atoms with E-state index in [-0.39, 0.29) is 0 Å². The second-order valence-corrected chi connectivity index (χ2v) is 3.47. The smallest absolute Gasteiger partial charge is 0.195 e. The minimum absolute atomic E-state index is 0.858. The zero-order valence-electron chi connectivity index (χ0n) is 9.18. The van der Waals surface area contributed by atoms with Crippen molar-refractivity contribution in [3.8, 4) is 0 Å². The maximum atomic E-state index is 5.55. The van der Waals surface area contributed by atoms with Gasteiger partial charge in [-0.1, -0.05) is 13.8 Å². The molecule has 3 heteroatoms. The molecule has 1 rings (SSSR count). The van der Waals surface area contributed by atoms with Crippen LogP contribution < -0.4 is 5.32 Å². The van der Waals surface area contributed by atoms with E-state index in [2.05, 4.69) is 24.1 Å². The molecule has 0 fully saturated rings. The van der Waals surface area contributed by atoms with Gasteiger partial charge in [0.05, 0.1) is 6.20 Å². The molecule has 80 valence electrons. The summed E-state index contributed by atoms with van der Waals surface area (Å²) in [5.41, 5.74) is 0. The molecule has 0 saturated carbocycles. The fraction of sp³-hybridized carbons (Fsp3) is 0.727. The van der Waals surface area contributed by atoms with Crippen molar-refractivity contribution in [2.24, 2.45) is 0 Å². The molecule has 0 unspecified atom stereocenters. The average Bonchev–Trinajstić information content (AvgIpc) is 2.61. The maximum Gasteiger partial charge on any atom is 0.195 e. The molecule has 14 heavy (non-hydrogen) atoms. The van der Waals surface area contributed by atoms with Crippen molar-refractivity contribution >= 4 is 0 Å². The number of nitrogens with one attached hydrogen (secondary N) is 1. The SMILES string of the molecule is CCCNCCc1ncc(CCC)o1. The molecule has 0 amide bonds.